The zero-order valence-corrected chi connectivity index (χ0v) is 10.4. The lowest BCUT2D eigenvalue weighted by molar-refractivity contribution is -0.140. The number of rotatable bonds is 5. The highest BCUT2D eigenvalue weighted by Gasteiger charge is 2.29. The van der Waals surface area contributed by atoms with Crippen molar-refractivity contribution < 1.29 is 19.5 Å². The van der Waals surface area contributed by atoms with Crippen LogP contribution >= 0.6 is 0 Å². The van der Waals surface area contributed by atoms with E-state index in [1.807, 2.05) is 0 Å². The maximum absolute atomic E-state index is 11.8. The summed E-state index contributed by atoms with van der Waals surface area (Å²) in [5.74, 6) is -1.54. The van der Waals surface area contributed by atoms with Crippen molar-refractivity contribution in [1.29, 1.82) is 0 Å². The van der Waals surface area contributed by atoms with Crippen LogP contribution < -0.4 is 11.1 Å². The van der Waals surface area contributed by atoms with Crippen LogP contribution in [-0.4, -0.2) is 47.0 Å². The van der Waals surface area contributed by atoms with Crippen molar-refractivity contribution in [2.24, 2.45) is 11.7 Å². The van der Waals surface area contributed by atoms with Crippen LogP contribution in [0.2, 0.25) is 0 Å². The minimum atomic E-state index is -1.26. The molecule has 0 aromatic rings. The number of carboxylic acid groups (broad SMARTS) is 1. The van der Waals surface area contributed by atoms with Gasteiger partial charge >= 0.3 is 12.0 Å². The summed E-state index contributed by atoms with van der Waals surface area (Å²) < 4.78 is 0. The number of carbonyl (C=O) groups excluding carboxylic acids is 2. The van der Waals surface area contributed by atoms with E-state index in [1.54, 1.807) is 4.90 Å². The van der Waals surface area contributed by atoms with Crippen molar-refractivity contribution >= 4 is 17.9 Å². The van der Waals surface area contributed by atoms with Crippen LogP contribution in [0.25, 0.3) is 0 Å². The molecule has 2 atom stereocenters. The highest BCUT2D eigenvalue weighted by Crippen LogP contribution is 2.18. The molecule has 1 aliphatic rings. The first-order valence-electron chi connectivity index (χ1n) is 6.00. The second-order valence-corrected chi connectivity index (χ2v) is 4.52. The maximum atomic E-state index is 11.8. The molecule has 18 heavy (non-hydrogen) atoms. The van der Waals surface area contributed by atoms with Crippen LogP contribution in [0.5, 0.6) is 0 Å². The molecule has 1 fully saturated rings. The number of hydrogen-bond donors (Lipinski definition) is 3. The van der Waals surface area contributed by atoms with Gasteiger partial charge < -0.3 is 21.1 Å². The van der Waals surface area contributed by atoms with Gasteiger partial charge in [-0.25, -0.2) is 9.59 Å². The zero-order valence-electron chi connectivity index (χ0n) is 10.4. The number of carbonyl (C=O) groups is 3. The standard InChI is InChI=1S/C11H19N3O4/c1-2-7-3-4-14(6-7)11(18)13-8(10(16)17)5-9(12)15/h7-8H,2-6H2,1H3,(H2,12,15)(H,13,18)(H,16,17)/t7?,8-/m1/s1. The second kappa shape index (κ2) is 6.23. The van der Waals surface area contributed by atoms with Gasteiger partial charge in [0.25, 0.3) is 0 Å². The number of amides is 3. The number of carboxylic acids is 1. The Balaban J connectivity index is 2.51. The van der Waals surface area contributed by atoms with Crippen molar-refractivity contribution in [2.75, 3.05) is 13.1 Å². The first kappa shape index (κ1) is 14.3. The molecule has 1 rings (SSSR count). The van der Waals surface area contributed by atoms with E-state index in [-0.39, 0.29) is 0 Å². The van der Waals surface area contributed by atoms with Gasteiger partial charge in [0.1, 0.15) is 6.04 Å². The minimum Gasteiger partial charge on any atom is -0.480 e. The van der Waals surface area contributed by atoms with Gasteiger partial charge in [-0.05, 0) is 12.3 Å². The molecule has 0 aromatic carbocycles. The molecule has 7 nitrogen and oxygen atoms in total. The molecule has 1 aliphatic heterocycles. The van der Waals surface area contributed by atoms with Gasteiger partial charge in [-0.3, -0.25) is 4.79 Å². The summed E-state index contributed by atoms with van der Waals surface area (Å²) in [7, 11) is 0. The lowest BCUT2D eigenvalue weighted by Gasteiger charge is -2.20. The Morgan fingerprint density at radius 1 is 1.50 bits per heavy atom. The van der Waals surface area contributed by atoms with Gasteiger partial charge in [0.2, 0.25) is 5.91 Å². The first-order chi connectivity index (χ1) is 8.43. The molecule has 1 saturated heterocycles. The van der Waals surface area contributed by atoms with Crippen molar-refractivity contribution in [3.05, 3.63) is 0 Å². The largest absolute Gasteiger partial charge is 0.480 e. The normalized spacial score (nSPS) is 20.5. The van der Waals surface area contributed by atoms with Crippen LogP contribution in [0.3, 0.4) is 0 Å². The van der Waals surface area contributed by atoms with Gasteiger partial charge in [0, 0.05) is 13.1 Å². The number of aliphatic carboxylic acids is 1. The number of urea groups is 1. The number of primary amides is 1. The summed E-state index contributed by atoms with van der Waals surface area (Å²) in [6, 6.07) is -1.70. The van der Waals surface area contributed by atoms with E-state index in [9.17, 15) is 14.4 Å². The summed E-state index contributed by atoms with van der Waals surface area (Å²) in [6.07, 6.45) is 1.52. The Kier molecular flexibility index (Phi) is 4.94. The fourth-order valence-corrected chi connectivity index (χ4v) is 1.99. The van der Waals surface area contributed by atoms with Crippen LogP contribution in [0, 0.1) is 5.92 Å². The molecule has 0 bridgehead atoms. The van der Waals surface area contributed by atoms with Crippen LogP contribution in [0.1, 0.15) is 26.2 Å². The summed E-state index contributed by atoms with van der Waals surface area (Å²) >= 11 is 0. The molecule has 1 heterocycles. The third-order valence-electron chi connectivity index (χ3n) is 3.15. The Hall–Kier alpha value is -1.79. The molecule has 1 unspecified atom stereocenters. The summed E-state index contributed by atoms with van der Waals surface area (Å²) in [5.41, 5.74) is 4.94. The number of nitrogens with two attached hydrogens (primary N) is 1. The predicted octanol–water partition coefficient (Wildman–Crippen LogP) is -0.243. The summed E-state index contributed by atoms with van der Waals surface area (Å²) in [4.78, 5) is 35.0. The molecule has 0 aliphatic carbocycles. The molecular formula is C11H19N3O4. The number of nitrogens with one attached hydrogen (secondary N) is 1. The van der Waals surface area contributed by atoms with Crippen molar-refractivity contribution in [2.45, 2.75) is 32.2 Å². The van der Waals surface area contributed by atoms with Gasteiger partial charge in [-0.15, -0.1) is 0 Å². The minimum absolute atomic E-state index is 0.397. The van der Waals surface area contributed by atoms with Gasteiger partial charge in [0.15, 0.2) is 0 Å². The fraction of sp³-hybridized carbons (Fsp3) is 0.727. The number of nitrogens with zero attached hydrogens (tertiary/aromatic N) is 1. The fourth-order valence-electron chi connectivity index (χ4n) is 1.99. The van der Waals surface area contributed by atoms with Gasteiger partial charge in [-0.1, -0.05) is 13.3 Å². The molecule has 102 valence electrons. The topological polar surface area (TPSA) is 113 Å². The molecular weight excluding hydrogens is 238 g/mol. The van der Waals surface area contributed by atoms with Crippen LogP contribution in [-0.2, 0) is 9.59 Å². The lowest BCUT2D eigenvalue weighted by Crippen LogP contribution is -2.48. The zero-order chi connectivity index (χ0) is 13.7. The summed E-state index contributed by atoms with van der Waals surface area (Å²) in [6.45, 7) is 3.30. The van der Waals surface area contributed by atoms with Gasteiger partial charge in [-0.2, -0.15) is 0 Å². The Bertz CT molecular complexity index is 345. The van der Waals surface area contributed by atoms with Crippen molar-refractivity contribution in [1.82, 2.24) is 10.2 Å². The average molecular weight is 257 g/mol. The lowest BCUT2D eigenvalue weighted by atomic mass is 10.1. The monoisotopic (exact) mass is 257 g/mol. The summed E-state index contributed by atoms with van der Waals surface area (Å²) in [5, 5.41) is 11.2. The van der Waals surface area contributed by atoms with E-state index >= 15 is 0 Å². The Labute approximate surface area is 105 Å². The first-order valence-corrected chi connectivity index (χ1v) is 6.00. The highest BCUT2D eigenvalue weighted by molar-refractivity contribution is 5.87. The number of hydrogen-bond acceptors (Lipinski definition) is 3. The highest BCUT2D eigenvalue weighted by atomic mass is 16.4. The van der Waals surface area contributed by atoms with E-state index in [0.29, 0.717) is 19.0 Å². The second-order valence-electron chi connectivity index (χ2n) is 4.52. The van der Waals surface area contributed by atoms with E-state index in [1.165, 1.54) is 0 Å². The Morgan fingerprint density at radius 3 is 2.61 bits per heavy atom. The van der Waals surface area contributed by atoms with E-state index < -0.39 is 30.4 Å². The Morgan fingerprint density at radius 2 is 2.17 bits per heavy atom. The molecule has 0 radical (unpaired) electrons. The molecule has 4 N–H and O–H groups in total. The third kappa shape index (κ3) is 3.90. The van der Waals surface area contributed by atoms with Gasteiger partial charge in [0.05, 0.1) is 6.42 Å². The number of likely N-dealkylation sites (tertiary alicyclic amines) is 1. The van der Waals surface area contributed by atoms with Crippen molar-refractivity contribution in [3.8, 4) is 0 Å². The molecule has 0 saturated carbocycles. The molecule has 7 heteroatoms. The molecule has 3 amide bonds. The SMILES string of the molecule is CCC1CCN(C(=O)N[C@H](CC(N)=O)C(=O)O)C1. The predicted molar refractivity (Wildman–Crippen MR) is 63.7 cm³/mol. The van der Waals surface area contributed by atoms with Crippen molar-refractivity contribution in [3.63, 3.8) is 0 Å². The van der Waals surface area contributed by atoms with Crippen LogP contribution in [0.15, 0.2) is 0 Å². The molecule has 0 spiro atoms. The quantitative estimate of drug-likeness (QED) is 0.630. The van der Waals surface area contributed by atoms with E-state index in [2.05, 4.69) is 12.2 Å². The maximum Gasteiger partial charge on any atom is 0.326 e. The van der Waals surface area contributed by atoms with E-state index in [0.717, 1.165) is 12.8 Å². The van der Waals surface area contributed by atoms with Crippen LogP contribution in [0.4, 0.5) is 4.79 Å². The average Bonchev–Trinajstić information content (AvgIpc) is 2.75. The molecule has 0 aromatic heterocycles. The third-order valence-corrected chi connectivity index (χ3v) is 3.15. The smallest absolute Gasteiger partial charge is 0.326 e. The van der Waals surface area contributed by atoms with E-state index in [4.69, 9.17) is 10.8 Å².